The normalized spacial score (nSPS) is 16.0. The van der Waals surface area contributed by atoms with Crippen LogP contribution in [0.4, 0.5) is 5.69 Å². The smallest absolute Gasteiger partial charge is 0.240 e. The third kappa shape index (κ3) is 15.0. The van der Waals surface area contributed by atoms with Crippen LogP contribution in [0.5, 0.6) is 5.75 Å². The van der Waals surface area contributed by atoms with Crippen LogP contribution < -0.4 is 5.32 Å². The van der Waals surface area contributed by atoms with Crippen LogP contribution in [-0.2, 0) is 14.3 Å². The van der Waals surface area contributed by atoms with Gasteiger partial charge in [-0.15, -0.1) is 12.4 Å². The van der Waals surface area contributed by atoms with E-state index in [-0.39, 0.29) is 24.7 Å². The second kappa shape index (κ2) is 16.5. The Balaban J connectivity index is 0.000000373. The Labute approximate surface area is 161 Å². The van der Waals surface area contributed by atoms with Crippen LogP contribution in [-0.4, -0.2) is 43.3 Å². The molecule has 0 aromatic heterocycles. The van der Waals surface area contributed by atoms with Gasteiger partial charge in [-0.25, -0.2) is 0 Å². The van der Waals surface area contributed by atoms with Crippen molar-refractivity contribution in [1.29, 1.82) is 0 Å². The van der Waals surface area contributed by atoms with Gasteiger partial charge in [-0.2, -0.15) is 0 Å². The van der Waals surface area contributed by atoms with Crippen molar-refractivity contribution in [3.8, 4) is 5.75 Å². The minimum Gasteiger partial charge on any atom is -0.508 e. The molecule has 2 aliphatic rings. The lowest BCUT2D eigenvalue weighted by Crippen LogP contribution is -2.07. The lowest BCUT2D eigenvalue weighted by molar-refractivity contribution is -0.110. The molecule has 0 bridgehead atoms. The topological polar surface area (TPSA) is 67.8 Å². The van der Waals surface area contributed by atoms with Crippen LogP contribution in [0.25, 0.3) is 0 Å². The van der Waals surface area contributed by atoms with Crippen molar-refractivity contribution in [3.63, 3.8) is 0 Å². The second-order valence-electron chi connectivity index (χ2n) is 5.60. The Morgan fingerprint density at radius 1 is 0.920 bits per heavy atom. The van der Waals surface area contributed by atoms with Gasteiger partial charge >= 0.3 is 0 Å². The number of benzene rings is 1. The number of ether oxygens (including phenoxy) is 2. The number of aromatic hydroxyl groups is 1. The first-order valence-corrected chi connectivity index (χ1v) is 8.93. The number of phenolic OH excluding ortho intramolecular Hbond substituents is 1. The molecule has 2 saturated heterocycles. The summed E-state index contributed by atoms with van der Waals surface area (Å²) in [5.74, 6) is 0.192. The van der Waals surface area contributed by atoms with E-state index in [1.165, 1.54) is 50.7 Å². The maximum Gasteiger partial charge on any atom is 0.240 e. The van der Waals surface area contributed by atoms with Gasteiger partial charge in [0.05, 0.1) is 6.54 Å². The highest BCUT2D eigenvalue weighted by Gasteiger charge is 1.96. The maximum atomic E-state index is 10.3. The van der Waals surface area contributed by atoms with Crippen LogP contribution in [0.2, 0.25) is 0 Å². The summed E-state index contributed by atoms with van der Waals surface area (Å²) >= 11 is 5.11. The van der Waals surface area contributed by atoms with Gasteiger partial charge in [-0.1, -0.05) is 0 Å². The fourth-order valence-electron chi connectivity index (χ4n) is 2.13. The van der Waals surface area contributed by atoms with Crippen LogP contribution >= 0.6 is 24.0 Å². The number of carbonyl (C=O) groups excluding carboxylic acids is 1. The lowest BCUT2D eigenvalue weighted by atomic mass is 10.2. The first kappa shape index (κ1) is 24.0. The van der Waals surface area contributed by atoms with Gasteiger partial charge in [0.2, 0.25) is 5.24 Å². The molecule has 2 fully saturated rings. The summed E-state index contributed by atoms with van der Waals surface area (Å²) < 4.78 is 10.1. The molecule has 0 atom stereocenters. The Bertz CT molecular complexity index is 400. The SMILES string of the molecule is C1CCOCC1.C1CCOCC1.Cl.O=C(Cl)CNc1ccc(O)cc1. The van der Waals surface area contributed by atoms with Gasteiger partial charge in [-0.05, 0) is 74.4 Å². The summed E-state index contributed by atoms with van der Waals surface area (Å²) in [6.07, 6.45) is 7.86. The van der Waals surface area contributed by atoms with E-state index in [1.807, 2.05) is 0 Å². The number of phenols is 1. The number of nitrogens with one attached hydrogen (secondary N) is 1. The molecule has 0 radical (unpaired) electrons. The number of hydrogen-bond donors (Lipinski definition) is 2. The summed E-state index contributed by atoms with van der Waals surface area (Å²) in [5, 5.41) is 11.3. The van der Waals surface area contributed by atoms with E-state index in [2.05, 4.69) is 5.32 Å². The molecule has 3 rings (SSSR count). The van der Waals surface area contributed by atoms with E-state index in [9.17, 15) is 4.79 Å². The van der Waals surface area contributed by atoms with Gasteiger partial charge in [0.1, 0.15) is 5.75 Å². The number of hydrogen-bond acceptors (Lipinski definition) is 5. The largest absolute Gasteiger partial charge is 0.508 e. The molecule has 2 aliphatic heterocycles. The first-order chi connectivity index (χ1) is 11.7. The summed E-state index contributed by atoms with van der Waals surface area (Å²) in [7, 11) is 0. The predicted molar refractivity (Wildman–Crippen MR) is 104 cm³/mol. The Morgan fingerprint density at radius 3 is 1.64 bits per heavy atom. The highest BCUT2D eigenvalue weighted by molar-refractivity contribution is 6.64. The van der Waals surface area contributed by atoms with E-state index >= 15 is 0 Å². The molecule has 5 nitrogen and oxygen atoms in total. The summed E-state index contributed by atoms with van der Waals surface area (Å²) in [6.45, 7) is 4.09. The molecular formula is C18H29Cl2NO4. The fourth-order valence-corrected chi connectivity index (χ4v) is 2.19. The molecule has 25 heavy (non-hydrogen) atoms. The molecule has 0 amide bonds. The molecule has 0 spiro atoms. The second-order valence-corrected chi connectivity index (χ2v) is 6.02. The summed E-state index contributed by atoms with van der Waals surface area (Å²) in [6, 6.07) is 6.38. The highest BCUT2D eigenvalue weighted by Crippen LogP contribution is 2.13. The monoisotopic (exact) mass is 393 g/mol. The van der Waals surface area contributed by atoms with E-state index < -0.39 is 5.24 Å². The minimum absolute atomic E-state index is 0. The predicted octanol–water partition coefficient (Wildman–Crippen LogP) is 4.37. The molecule has 2 N–H and O–H groups in total. The molecule has 1 aromatic carbocycles. The molecule has 0 aliphatic carbocycles. The molecule has 0 saturated carbocycles. The van der Waals surface area contributed by atoms with Crippen molar-refractivity contribution in [2.24, 2.45) is 0 Å². The lowest BCUT2D eigenvalue weighted by Gasteiger charge is -2.08. The highest BCUT2D eigenvalue weighted by atomic mass is 35.5. The Morgan fingerprint density at radius 2 is 1.36 bits per heavy atom. The summed E-state index contributed by atoms with van der Waals surface area (Å²) in [4.78, 5) is 10.3. The average Bonchev–Trinajstić information content (AvgIpc) is 2.65. The van der Waals surface area contributed by atoms with Gasteiger partial charge in [0.25, 0.3) is 0 Å². The molecule has 144 valence electrons. The van der Waals surface area contributed by atoms with Crippen molar-refractivity contribution in [3.05, 3.63) is 24.3 Å². The van der Waals surface area contributed by atoms with Crippen LogP contribution in [0.15, 0.2) is 24.3 Å². The third-order valence-corrected chi connectivity index (χ3v) is 3.59. The van der Waals surface area contributed by atoms with Crippen molar-refractivity contribution >= 4 is 34.9 Å². The van der Waals surface area contributed by atoms with E-state index in [4.69, 9.17) is 26.2 Å². The zero-order chi connectivity index (χ0) is 17.5. The van der Waals surface area contributed by atoms with Gasteiger partial charge in [-0.3, -0.25) is 4.79 Å². The van der Waals surface area contributed by atoms with Crippen molar-refractivity contribution in [1.82, 2.24) is 0 Å². The summed E-state index contributed by atoms with van der Waals surface area (Å²) in [5.41, 5.74) is 0.752. The Kier molecular flexibility index (Phi) is 15.8. The number of rotatable bonds is 3. The average molecular weight is 394 g/mol. The first-order valence-electron chi connectivity index (χ1n) is 8.55. The molecule has 0 unspecified atom stereocenters. The quantitative estimate of drug-likeness (QED) is 0.589. The van der Waals surface area contributed by atoms with Crippen molar-refractivity contribution in [2.45, 2.75) is 38.5 Å². The van der Waals surface area contributed by atoms with Gasteiger partial charge in [0.15, 0.2) is 0 Å². The molecule has 7 heteroatoms. The minimum atomic E-state index is -0.442. The number of anilines is 1. The fraction of sp³-hybridized carbons (Fsp3) is 0.611. The standard InChI is InChI=1S/C8H8ClNO2.2C5H10O.ClH/c9-8(12)5-10-6-1-3-7(11)4-2-6;2*1-2-4-6-5-3-1;/h1-4,10-11H,5H2;2*1-5H2;1H. The van der Waals surface area contributed by atoms with Crippen LogP contribution in [0.3, 0.4) is 0 Å². The van der Waals surface area contributed by atoms with Crippen LogP contribution in [0, 0.1) is 0 Å². The van der Waals surface area contributed by atoms with Crippen LogP contribution in [0.1, 0.15) is 38.5 Å². The molecular weight excluding hydrogens is 365 g/mol. The maximum absolute atomic E-state index is 10.3. The van der Waals surface area contributed by atoms with E-state index in [1.54, 1.807) is 12.1 Å². The number of carbonyl (C=O) groups is 1. The van der Waals surface area contributed by atoms with E-state index in [0.29, 0.717) is 0 Å². The Hall–Kier alpha value is -1.01. The van der Waals surface area contributed by atoms with Crippen molar-refractivity contribution in [2.75, 3.05) is 38.3 Å². The number of halogens is 2. The van der Waals surface area contributed by atoms with E-state index in [0.717, 1.165) is 32.1 Å². The third-order valence-electron chi connectivity index (χ3n) is 3.45. The van der Waals surface area contributed by atoms with Gasteiger partial charge < -0.3 is 19.9 Å². The zero-order valence-corrected chi connectivity index (χ0v) is 16.1. The molecule has 1 aromatic rings. The zero-order valence-electron chi connectivity index (χ0n) is 14.5. The van der Waals surface area contributed by atoms with Crippen molar-refractivity contribution < 1.29 is 19.4 Å². The van der Waals surface area contributed by atoms with Gasteiger partial charge in [0, 0.05) is 32.1 Å². The molecule has 2 heterocycles.